The maximum atomic E-state index is 11.8. The second-order valence-corrected chi connectivity index (χ2v) is 8.41. The van der Waals surface area contributed by atoms with Crippen molar-refractivity contribution in [3.05, 3.63) is 0 Å². The predicted molar refractivity (Wildman–Crippen MR) is 99.3 cm³/mol. The number of carbonyl (C=O) groups is 3. The summed E-state index contributed by atoms with van der Waals surface area (Å²) in [5, 5.41) is 53.0. The number of urea groups is 1. The van der Waals surface area contributed by atoms with Crippen molar-refractivity contribution in [2.45, 2.75) is 67.1 Å². The molecule has 0 bridgehead atoms. The average molecular weight is 437 g/mol. The number of aliphatic hydroxyl groups excluding tert-OH is 4. The number of nitrogens with one attached hydrogen (secondary N) is 2. The van der Waals surface area contributed by atoms with Crippen molar-refractivity contribution in [2.75, 3.05) is 12.4 Å². The zero-order chi connectivity index (χ0) is 21.8. The predicted octanol–water partition coefficient (Wildman–Crippen LogP) is -3.50. The van der Waals surface area contributed by atoms with E-state index in [1.165, 1.54) is 0 Å². The Balaban J connectivity index is 1.71. The molecule has 2 rings (SSSR count). The molecule has 0 spiro atoms. The molecule has 9 N–H and O–H groups in total. The van der Waals surface area contributed by atoms with Crippen molar-refractivity contribution < 1.29 is 44.7 Å². The lowest BCUT2D eigenvalue weighted by Gasteiger charge is -2.30. The number of esters is 2. The van der Waals surface area contributed by atoms with Crippen LogP contribution >= 0.6 is 11.8 Å². The van der Waals surface area contributed by atoms with Crippen molar-refractivity contribution >= 4 is 29.7 Å². The van der Waals surface area contributed by atoms with Crippen molar-refractivity contribution in [1.82, 2.24) is 10.6 Å². The monoisotopic (exact) mass is 437 g/mol. The summed E-state index contributed by atoms with van der Waals surface area (Å²) in [6.07, 6.45) is -4.77. The second-order valence-electron chi connectivity index (χ2n) is 7.14. The first-order valence-corrected chi connectivity index (χ1v) is 10.2. The highest BCUT2D eigenvalue weighted by Gasteiger charge is 2.47. The number of unbranched alkanes of at least 4 members (excludes halogenated alkanes) is 1. The smallest absolute Gasteiger partial charge is 0.364 e. The van der Waals surface area contributed by atoms with Gasteiger partial charge < -0.3 is 40.9 Å². The maximum absolute atomic E-state index is 11.8. The molecule has 2 aliphatic heterocycles. The highest BCUT2D eigenvalue weighted by atomic mass is 32.2. The number of carbonyl (C=O) groups excluding carboxylic acids is 3. The fourth-order valence-corrected chi connectivity index (χ4v) is 4.74. The van der Waals surface area contributed by atoms with Gasteiger partial charge in [-0.2, -0.15) is 11.8 Å². The molecule has 166 valence electrons. The van der Waals surface area contributed by atoms with Gasteiger partial charge in [0.05, 0.1) is 18.7 Å². The number of nitrogens with two attached hydrogens (primary N) is 1. The van der Waals surface area contributed by atoms with Gasteiger partial charge in [-0.25, -0.2) is 9.59 Å². The van der Waals surface area contributed by atoms with Crippen LogP contribution in [0.1, 0.15) is 25.7 Å². The lowest BCUT2D eigenvalue weighted by atomic mass is 9.98. The van der Waals surface area contributed by atoms with Crippen LogP contribution < -0.4 is 16.4 Å². The normalized spacial score (nSPS) is 28.5. The van der Waals surface area contributed by atoms with E-state index in [-0.39, 0.29) is 29.8 Å². The number of aliphatic hydroxyl groups is 5. The third-order valence-electron chi connectivity index (χ3n) is 4.95. The molecule has 0 aromatic rings. The zero-order valence-electron chi connectivity index (χ0n) is 15.6. The Kier molecular flexibility index (Phi) is 8.22. The summed E-state index contributed by atoms with van der Waals surface area (Å²) >= 11 is 1.73. The van der Waals surface area contributed by atoms with Crippen molar-refractivity contribution in [3.63, 3.8) is 0 Å². The summed E-state index contributed by atoms with van der Waals surface area (Å²) in [4.78, 5) is 35.0. The van der Waals surface area contributed by atoms with Gasteiger partial charge in [0.15, 0.2) is 0 Å². The number of rotatable bonds is 10. The van der Waals surface area contributed by atoms with E-state index >= 15 is 0 Å². The minimum Gasteiger partial charge on any atom is -0.394 e. The van der Waals surface area contributed by atoms with Crippen LogP contribution in [0.2, 0.25) is 0 Å². The molecule has 0 radical (unpaired) electrons. The van der Waals surface area contributed by atoms with Gasteiger partial charge in [-0.05, 0) is 12.8 Å². The topological polar surface area (TPSA) is 212 Å². The van der Waals surface area contributed by atoms with Crippen LogP contribution in [-0.4, -0.2) is 97.2 Å². The van der Waals surface area contributed by atoms with E-state index in [0.29, 0.717) is 12.8 Å². The minimum absolute atomic E-state index is 0.0514. The molecule has 2 fully saturated rings. The summed E-state index contributed by atoms with van der Waals surface area (Å²) in [5.41, 5.74) is 2.07. The highest BCUT2D eigenvalue weighted by Crippen LogP contribution is 2.33. The molecule has 0 saturated carbocycles. The summed E-state index contributed by atoms with van der Waals surface area (Å²) in [5.74, 6) is -1.84. The summed E-state index contributed by atoms with van der Waals surface area (Å²) in [6, 6.07) is -0.0237. The highest BCUT2D eigenvalue weighted by molar-refractivity contribution is 8.00. The molecule has 13 heteroatoms. The molecular formula is C16H27N3O9S. The van der Waals surface area contributed by atoms with Crippen molar-refractivity contribution in [1.29, 1.82) is 0 Å². The van der Waals surface area contributed by atoms with Crippen LogP contribution in [0, 0.1) is 0 Å². The lowest BCUT2D eigenvalue weighted by Crippen LogP contribution is -2.64. The summed E-state index contributed by atoms with van der Waals surface area (Å²) in [6.45, 7) is -0.955. The number of hydrogen-bond acceptors (Lipinski definition) is 11. The minimum atomic E-state index is -3.16. The lowest BCUT2D eigenvalue weighted by molar-refractivity contribution is -0.197. The van der Waals surface area contributed by atoms with Crippen LogP contribution in [0.5, 0.6) is 0 Å². The molecular weight excluding hydrogens is 410 g/mol. The first-order valence-electron chi connectivity index (χ1n) is 9.18. The fraction of sp³-hybridized carbons (Fsp3) is 0.812. The van der Waals surface area contributed by atoms with Gasteiger partial charge in [0, 0.05) is 17.4 Å². The van der Waals surface area contributed by atoms with Gasteiger partial charge in [-0.3, -0.25) is 10.5 Å². The van der Waals surface area contributed by atoms with Crippen molar-refractivity contribution in [3.8, 4) is 0 Å². The molecule has 2 heterocycles. The van der Waals surface area contributed by atoms with Gasteiger partial charge >= 0.3 is 18.0 Å². The van der Waals surface area contributed by atoms with Gasteiger partial charge in [-0.1, -0.05) is 6.42 Å². The first kappa shape index (κ1) is 23.8. The molecule has 0 aromatic heterocycles. The maximum Gasteiger partial charge on any atom is 0.364 e. The number of thioether (sulfide) groups is 1. The van der Waals surface area contributed by atoms with E-state index < -0.39 is 42.6 Å². The standard InChI is InChI=1S/C16H27N3O9S/c17-16(27,13(24)12(23)8(21)5-20)14(25)28-10(22)4-2-1-3-9-11-7(6-29-9)18-15(26)19-11/h7-9,11-13,20-21,23-24,27H,1-6,17H2,(H2,18,19,26)/t7-,8+,9-,11-,12+,13-,16-/m0/s1. The van der Waals surface area contributed by atoms with Crippen LogP contribution in [-0.2, 0) is 14.3 Å². The van der Waals surface area contributed by atoms with Crippen molar-refractivity contribution in [2.24, 2.45) is 5.73 Å². The number of ether oxygens (including phenoxy) is 1. The number of fused-ring (bicyclic) bond motifs is 1. The van der Waals surface area contributed by atoms with Gasteiger partial charge in [-0.15, -0.1) is 0 Å². The Morgan fingerprint density at radius 3 is 2.62 bits per heavy atom. The molecule has 2 saturated heterocycles. The third-order valence-corrected chi connectivity index (χ3v) is 6.46. The van der Waals surface area contributed by atoms with Gasteiger partial charge in [0.2, 0.25) is 5.72 Å². The third kappa shape index (κ3) is 5.78. The average Bonchev–Trinajstić information content (AvgIpc) is 3.22. The van der Waals surface area contributed by atoms with Gasteiger partial charge in [0.25, 0.3) is 0 Å². The number of hydrogen-bond donors (Lipinski definition) is 8. The van der Waals surface area contributed by atoms with Crippen LogP contribution in [0.3, 0.4) is 0 Å². The Bertz CT molecular complexity index is 620. The van der Waals surface area contributed by atoms with E-state index in [0.717, 1.165) is 12.2 Å². The van der Waals surface area contributed by atoms with E-state index in [4.69, 9.17) is 10.8 Å². The quantitative estimate of drug-likeness (QED) is 0.0552. The van der Waals surface area contributed by atoms with E-state index in [9.17, 15) is 34.8 Å². The molecule has 0 aromatic carbocycles. The summed E-state index contributed by atoms with van der Waals surface area (Å²) in [7, 11) is 0. The SMILES string of the molecule is N[C@@](O)(C(=O)OC(=O)CCCC[C@@H]1SC[C@@H]2NC(=O)N[C@@H]21)[C@@H](O)[C@H](O)[C@H](O)CO. The van der Waals surface area contributed by atoms with Crippen LogP contribution in [0.4, 0.5) is 4.79 Å². The van der Waals surface area contributed by atoms with Crippen LogP contribution in [0.15, 0.2) is 0 Å². The number of amides is 2. The zero-order valence-corrected chi connectivity index (χ0v) is 16.4. The second kappa shape index (κ2) is 10.0. The van der Waals surface area contributed by atoms with E-state index in [1.54, 1.807) is 11.8 Å². The fourth-order valence-electron chi connectivity index (χ4n) is 3.19. The van der Waals surface area contributed by atoms with Gasteiger partial charge in [0.1, 0.15) is 18.3 Å². The Labute approximate surface area is 170 Å². The molecule has 7 atom stereocenters. The van der Waals surface area contributed by atoms with E-state index in [1.807, 2.05) is 0 Å². The van der Waals surface area contributed by atoms with Crippen LogP contribution in [0.25, 0.3) is 0 Å². The Hall–Kier alpha value is -1.48. The summed E-state index contributed by atoms with van der Waals surface area (Å²) < 4.78 is 4.42. The molecule has 29 heavy (non-hydrogen) atoms. The van der Waals surface area contributed by atoms with E-state index in [2.05, 4.69) is 15.4 Å². The molecule has 12 nitrogen and oxygen atoms in total. The molecule has 2 aliphatic rings. The molecule has 2 amide bonds. The molecule has 0 unspecified atom stereocenters. The Morgan fingerprint density at radius 2 is 1.97 bits per heavy atom. The largest absolute Gasteiger partial charge is 0.394 e. The molecule has 0 aliphatic carbocycles. The Morgan fingerprint density at radius 1 is 1.28 bits per heavy atom. The first-order chi connectivity index (χ1) is 13.6.